The number of methoxy groups -OCH3 is 1. The topological polar surface area (TPSA) is 24.5 Å². The van der Waals surface area contributed by atoms with Gasteiger partial charge in [-0.2, -0.15) is 0 Å². The normalized spacial score (nSPS) is 10.9. The molecular weight excluding hydrogens is 212 g/mol. The molecule has 17 heavy (non-hydrogen) atoms. The summed E-state index contributed by atoms with van der Waals surface area (Å²) in [5.41, 5.74) is 3.88. The van der Waals surface area contributed by atoms with Crippen LogP contribution in [0.15, 0.2) is 12.1 Å². The van der Waals surface area contributed by atoms with Gasteiger partial charge in [0, 0.05) is 19.6 Å². The molecule has 1 aromatic carbocycles. The minimum absolute atomic E-state index is 0.976. The van der Waals surface area contributed by atoms with Gasteiger partial charge in [0.2, 0.25) is 0 Å². The molecule has 96 valence electrons. The van der Waals surface area contributed by atoms with Gasteiger partial charge in [-0.15, -0.1) is 0 Å². The first-order valence-corrected chi connectivity index (χ1v) is 6.05. The molecule has 1 rings (SSSR count). The second-order valence-corrected chi connectivity index (χ2v) is 4.59. The maximum absolute atomic E-state index is 5.33. The Labute approximate surface area is 105 Å². The van der Waals surface area contributed by atoms with Crippen molar-refractivity contribution in [1.29, 1.82) is 0 Å². The van der Waals surface area contributed by atoms with Crippen LogP contribution in [0.4, 0.5) is 0 Å². The van der Waals surface area contributed by atoms with Crippen LogP contribution in [0.5, 0.6) is 5.75 Å². The lowest BCUT2D eigenvalue weighted by Gasteiger charge is -2.19. The van der Waals surface area contributed by atoms with Crippen LogP contribution in [0.25, 0.3) is 0 Å². The fraction of sp³-hybridized carbons (Fsp3) is 0.571. The van der Waals surface area contributed by atoms with E-state index in [4.69, 9.17) is 4.74 Å². The van der Waals surface area contributed by atoms with E-state index in [9.17, 15) is 0 Å². The van der Waals surface area contributed by atoms with E-state index in [1.807, 2.05) is 7.05 Å². The van der Waals surface area contributed by atoms with Crippen molar-refractivity contribution in [2.75, 3.05) is 34.3 Å². The van der Waals surface area contributed by atoms with E-state index in [1.54, 1.807) is 7.11 Å². The van der Waals surface area contributed by atoms with Gasteiger partial charge in [0.15, 0.2) is 0 Å². The van der Waals surface area contributed by atoms with E-state index in [1.165, 1.54) is 16.7 Å². The van der Waals surface area contributed by atoms with Crippen LogP contribution in [-0.4, -0.2) is 39.2 Å². The molecule has 0 saturated carbocycles. The Kier molecular flexibility index (Phi) is 5.45. The second kappa shape index (κ2) is 6.62. The molecule has 0 atom stereocenters. The second-order valence-electron chi connectivity index (χ2n) is 4.59. The molecular formula is C14H24N2O. The summed E-state index contributed by atoms with van der Waals surface area (Å²) < 4.78 is 5.33. The zero-order valence-electron chi connectivity index (χ0n) is 11.6. The van der Waals surface area contributed by atoms with Gasteiger partial charge < -0.3 is 15.0 Å². The monoisotopic (exact) mass is 236 g/mol. The highest BCUT2D eigenvalue weighted by atomic mass is 16.5. The maximum atomic E-state index is 5.33. The van der Waals surface area contributed by atoms with Gasteiger partial charge >= 0.3 is 0 Å². The predicted octanol–water partition coefficient (Wildman–Crippen LogP) is 1.96. The number of nitrogens with zero attached hydrogens (tertiary/aromatic N) is 1. The number of rotatable bonds is 6. The average molecular weight is 236 g/mol. The van der Waals surface area contributed by atoms with E-state index in [2.05, 4.69) is 43.2 Å². The molecule has 1 aromatic rings. The van der Waals surface area contributed by atoms with Crippen molar-refractivity contribution in [2.45, 2.75) is 20.4 Å². The molecule has 0 radical (unpaired) electrons. The Morgan fingerprint density at radius 3 is 2.53 bits per heavy atom. The van der Waals surface area contributed by atoms with Crippen molar-refractivity contribution in [3.63, 3.8) is 0 Å². The summed E-state index contributed by atoms with van der Waals surface area (Å²) in [6.45, 7) is 7.29. The van der Waals surface area contributed by atoms with Crippen LogP contribution in [0, 0.1) is 13.8 Å². The molecule has 0 amide bonds. The SMILES string of the molecule is CNCCN(C)Cc1cc(C)c(OC)cc1C. The fourth-order valence-electron chi connectivity index (χ4n) is 1.91. The molecule has 0 aliphatic heterocycles. The van der Waals surface area contributed by atoms with Crippen LogP contribution < -0.4 is 10.1 Å². The van der Waals surface area contributed by atoms with Crippen LogP contribution in [0.3, 0.4) is 0 Å². The largest absolute Gasteiger partial charge is 0.496 e. The van der Waals surface area contributed by atoms with Gasteiger partial charge in [0.05, 0.1) is 7.11 Å². The van der Waals surface area contributed by atoms with Gasteiger partial charge in [-0.25, -0.2) is 0 Å². The Morgan fingerprint density at radius 1 is 1.24 bits per heavy atom. The summed E-state index contributed by atoms with van der Waals surface area (Å²) in [5, 5.41) is 3.17. The first kappa shape index (κ1) is 14.0. The Morgan fingerprint density at radius 2 is 1.94 bits per heavy atom. The van der Waals surface area contributed by atoms with Crippen LogP contribution in [0.1, 0.15) is 16.7 Å². The predicted molar refractivity (Wildman–Crippen MR) is 72.7 cm³/mol. The highest BCUT2D eigenvalue weighted by Crippen LogP contribution is 2.23. The van der Waals surface area contributed by atoms with Gasteiger partial charge in [0.1, 0.15) is 5.75 Å². The smallest absolute Gasteiger partial charge is 0.122 e. The summed E-state index contributed by atoms with van der Waals surface area (Å²) >= 11 is 0. The van der Waals surface area contributed by atoms with Gasteiger partial charge in [-0.05, 0) is 50.7 Å². The number of hydrogen-bond acceptors (Lipinski definition) is 3. The minimum Gasteiger partial charge on any atom is -0.496 e. The molecule has 0 heterocycles. The van der Waals surface area contributed by atoms with E-state index in [0.29, 0.717) is 0 Å². The molecule has 3 nitrogen and oxygen atoms in total. The van der Waals surface area contributed by atoms with Crippen molar-refractivity contribution in [3.8, 4) is 5.75 Å². The van der Waals surface area contributed by atoms with Crippen LogP contribution in [0.2, 0.25) is 0 Å². The number of likely N-dealkylation sites (N-methyl/N-ethyl adjacent to an activating group) is 2. The van der Waals surface area contributed by atoms with Crippen molar-refractivity contribution >= 4 is 0 Å². The molecule has 0 saturated heterocycles. The third-order valence-corrected chi connectivity index (χ3v) is 3.04. The molecule has 0 spiro atoms. The summed E-state index contributed by atoms with van der Waals surface area (Å²) in [6.07, 6.45) is 0. The van der Waals surface area contributed by atoms with E-state index < -0.39 is 0 Å². The van der Waals surface area contributed by atoms with Gasteiger partial charge in [-0.3, -0.25) is 0 Å². The summed E-state index contributed by atoms with van der Waals surface area (Å²) in [4.78, 5) is 2.32. The zero-order chi connectivity index (χ0) is 12.8. The first-order chi connectivity index (χ1) is 8.08. The molecule has 1 N–H and O–H groups in total. The lowest BCUT2D eigenvalue weighted by molar-refractivity contribution is 0.327. The highest BCUT2D eigenvalue weighted by Gasteiger charge is 2.07. The summed E-state index contributed by atoms with van der Waals surface area (Å²) in [6, 6.07) is 4.35. The number of aryl methyl sites for hydroxylation is 2. The van der Waals surface area contributed by atoms with E-state index in [-0.39, 0.29) is 0 Å². The van der Waals surface area contributed by atoms with Gasteiger partial charge in [0.25, 0.3) is 0 Å². The lowest BCUT2D eigenvalue weighted by Crippen LogP contribution is -2.27. The summed E-state index contributed by atoms with van der Waals surface area (Å²) in [7, 11) is 5.85. The molecule has 0 aliphatic carbocycles. The highest BCUT2D eigenvalue weighted by molar-refractivity contribution is 5.41. The molecule has 0 aromatic heterocycles. The maximum Gasteiger partial charge on any atom is 0.122 e. The zero-order valence-corrected chi connectivity index (χ0v) is 11.6. The number of benzene rings is 1. The third kappa shape index (κ3) is 4.02. The van der Waals surface area contributed by atoms with Crippen molar-refractivity contribution in [2.24, 2.45) is 0 Å². The fourth-order valence-corrected chi connectivity index (χ4v) is 1.91. The molecule has 0 unspecified atom stereocenters. The number of hydrogen-bond donors (Lipinski definition) is 1. The molecule has 0 fully saturated rings. The van der Waals surface area contributed by atoms with Gasteiger partial charge in [-0.1, -0.05) is 6.07 Å². The Balaban J connectivity index is 2.74. The van der Waals surface area contributed by atoms with Crippen LogP contribution >= 0.6 is 0 Å². The van der Waals surface area contributed by atoms with E-state index >= 15 is 0 Å². The molecule has 3 heteroatoms. The Bertz CT molecular complexity index is 363. The molecule has 0 bridgehead atoms. The lowest BCUT2D eigenvalue weighted by atomic mass is 10.0. The first-order valence-electron chi connectivity index (χ1n) is 6.05. The quantitative estimate of drug-likeness (QED) is 0.817. The number of ether oxygens (including phenoxy) is 1. The standard InChI is InChI=1S/C14H24N2O/c1-11-9-14(17-5)12(2)8-13(11)10-16(4)7-6-15-3/h8-9,15H,6-7,10H2,1-5H3. The average Bonchev–Trinajstić information content (AvgIpc) is 2.30. The van der Waals surface area contributed by atoms with E-state index in [0.717, 1.165) is 25.4 Å². The summed E-state index contributed by atoms with van der Waals surface area (Å²) in [5.74, 6) is 0.976. The Hall–Kier alpha value is -1.06. The third-order valence-electron chi connectivity index (χ3n) is 3.04. The van der Waals surface area contributed by atoms with Crippen molar-refractivity contribution in [3.05, 3.63) is 28.8 Å². The van der Waals surface area contributed by atoms with Crippen molar-refractivity contribution < 1.29 is 4.74 Å². The van der Waals surface area contributed by atoms with Crippen molar-refractivity contribution in [1.82, 2.24) is 10.2 Å². The number of nitrogens with one attached hydrogen (secondary N) is 1. The minimum atomic E-state index is 0.976. The van der Waals surface area contributed by atoms with Crippen LogP contribution in [-0.2, 0) is 6.54 Å². The molecule has 0 aliphatic rings.